The molecular formula is C18H24N4O. The van der Waals surface area contributed by atoms with Crippen LogP contribution in [-0.4, -0.2) is 35.0 Å². The molecule has 5 nitrogen and oxygen atoms in total. The lowest BCUT2D eigenvalue weighted by Crippen LogP contribution is -2.31. The Morgan fingerprint density at radius 3 is 2.35 bits per heavy atom. The number of carbonyl (C=O) groups is 1. The molecule has 23 heavy (non-hydrogen) atoms. The minimum absolute atomic E-state index is 0.0644. The molecule has 0 aliphatic rings. The summed E-state index contributed by atoms with van der Waals surface area (Å²) in [6.45, 7) is 9.66. The molecule has 5 heteroatoms. The van der Waals surface area contributed by atoms with Gasteiger partial charge in [0.05, 0.1) is 0 Å². The zero-order valence-electron chi connectivity index (χ0n) is 14.2. The van der Waals surface area contributed by atoms with Crippen LogP contribution in [0.25, 0.3) is 11.4 Å². The summed E-state index contributed by atoms with van der Waals surface area (Å²) in [4.78, 5) is 23.6. The summed E-state index contributed by atoms with van der Waals surface area (Å²) in [5.74, 6) is 1.18. The first-order chi connectivity index (χ1) is 11.0. The van der Waals surface area contributed by atoms with Crippen molar-refractivity contribution in [1.82, 2.24) is 15.3 Å². The molecule has 0 spiro atoms. The third-order valence-electron chi connectivity index (χ3n) is 3.48. The van der Waals surface area contributed by atoms with Gasteiger partial charge in [-0.2, -0.15) is 0 Å². The summed E-state index contributed by atoms with van der Waals surface area (Å²) < 4.78 is 0. The zero-order valence-corrected chi connectivity index (χ0v) is 14.2. The molecule has 0 aliphatic carbocycles. The summed E-state index contributed by atoms with van der Waals surface area (Å²) in [5.41, 5.74) is 1.30. The summed E-state index contributed by atoms with van der Waals surface area (Å²) in [6.07, 6.45) is 0. The number of rotatable bonds is 6. The van der Waals surface area contributed by atoms with Crippen molar-refractivity contribution in [3.63, 3.8) is 0 Å². The predicted molar refractivity (Wildman–Crippen MR) is 93.6 cm³/mol. The maximum absolute atomic E-state index is 12.4. The predicted octanol–water partition coefficient (Wildman–Crippen LogP) is 3.13. The van der Waals surface area contributed by atoms with Crippen LogP contribution in [0.4, 0.5) is 5.82 Å². The summed E-state index contributed by atoms with van der Waals surface area (Å²) in [5, 5.41) is 2.89. The highest BCUT2D eigenvalue weighted by Gasteiger charge is 2.15. The van der Waals surface area contributed by atoms with Crippen molar-refractivity contribution in [1.29, 1.82) is 0 Å². The summed E-state index contributed by atoms with van der Waals surface area (Å²) in [6, 6.07) is 11.6. The highest BCUT2D eigenvalue weighted by Crippen LogP contribution is 2.20. The second-order valence-electron chi connectivity index (χ2n) is 5.60. The van der Waals surface area contributed by atoms with E-state index in [0.717, 1.165) is 24.5 Å². The van der Waals surface area contributed by atoms with Crippen LogP contribution in [0.2, 0.25) is 0 Å². The number of amides is 1. The first kappa shape index (κ1) is 16.9. The molecule has 1 heterocycles. The molecule has 122 valence electrons. The first-order valence-electron chi connectivity index (χ1n) is 8.05. The standard InChI is InChI=1S/C18H24N4O/c1-5-22(6-2)16-12-15(18(23)19-13(3)4)20-17(21-16)14-10-8-7-9-11-14/h7-13H,5-6H2,1-4H3,(H,19,23). The van der Waals surface area contributed by atoms with Crippen LogP contribution in [0, 0.1) is 0 Å². The Bertz CT molecular complexity index is 651. The molecular weight excluding hydrogens is 288 g/mol. The van der Waals surface area contributed by atoms with Gasteiger partial charge in [-0.05, 0) is 27.7 Å². The lowest BCUT2D eigenvalue weighted by molar-refractivity contribution is 0.0938. The molecule has 1 N–H and O–H groups in total. The van der Waals surface area contributed by atoms with Gasteiger partial charge in [-0.1, -0.05) is 30.3 Å². The summed E-state index contributed by atoms with van der Waals surface area (Å²) in [7, 11) is 0. The molecule has 1 aromatic heterocycles. The van der Waals surface area contributed by atoms with Crippen molar-refractivity contribution in [3.05, 3.63) is 42.1 Å². The Balaban J connectivity index is 2.50. The van der Waals surface area contributed by atoms with Gasteiger partial charge in [-0.25, -0.2) is 9.97 Å². The maximum atomic E-state index is 12.4. The fraction of sp³-hybridized carbons (Fsp3) is 0.389. The van der Waals surface area contributed by atoms with Crippen molar-refractivity contribution >= 4 is 11.7 Å². The van der Waals surface area contributed by atoms with Crippen molar-refractivity contribution in [2.75, 3.05) is 18.0 Å². The first-order valence-corrected chi connectivity index (χ1v) is 8.05. The number of hydrogen-bond acceptors (Lipinski definition) is 4. The molecule has 2 aromatic rings. The van der Waals surface area contributed by atoms with E-state index >= 15 is 0 Å². The topological polar surface area (TPSA) is 58.1 Å². The quantitative estimate of drug-likeness (QED) is 0.890. The van der Waals surface area contributed by atoms with Crippen LogP contribution in [0.1, 0.15) is 38.2 Å². The van der Waals surface area contributed by atoms with E-state index in [9.17, 15) is 4.79 Å². The fourth-order valence-corrected chi connectivity index (χ4v) is 2.31. The molecule has 0 bridgehead atoms. The average molecular weight is 312 g/mol. The van der Waals surface area contributed by atoms with Gasteiger partial charge in [0.1, 0.15) is 11.5 Å². The lowest BCUT2D eigenvalue weighted by atomic mass is 10.2. The van der Waals surface area contributed by atoms with Gasteiger partial charge >= 0.3 is 0 Å². The number of anilines is 1. The number of benzene rings is 1. The van der Waals surface area contributed by atoms with E-state index in [1.54, 1.807) is 6.07 Å². The number of aromatic nitrogens is 2. The van der Waals surface area contributed by atoms with Crippen molar-refractivity contribution < 1.29 is 4.79 Å². The van der Waals surface area contributed by atoms with Crippen LogP contribution in [0.3, 0.4) is 0 Å². The second-order valence-corrected chi connectivity index (χ2v) is 5.60. The van der Waals surface area contributed by atoms with Crippen LogP contribution in [0.5, 0.6) is 0 Å². The smallest absolute Gasteiger partial charge is 0.270 e. The Kier molecular flexibility index (Phi) is 5.68. The number of nitrogens with one attached hydrogen (secondary N) is 1. The number of carbonyl (C=O) groups excluding carboxylic acids is 1. The molecule has 1 amide bonds. The van der Waals surface area contributed by atoms with E-state index in [0.29, 0.717) is 11.5 Å². The molecule has 2 rings (SSSR count). The van der Waals surface area contributed by atoms with Gasteiger partial charge in [0, 0.05) is 30.8 Å². The van der Waals surface area contributed by atoms with Gasteiger partial charge in [0.25, 0.3) is 5.91 Å². The second kappa shape index (κ2) is 7.72. The van der Waals surface area contributed by atoms with E-state index in [1.165, 1.54) is 0 Å². The molecule has 1 aromatic carbocycles. The molecule has 0 saturated carbocycles. The molecule has 0 fully saturated rings. The largest absolute Gasteiger partial charge is 0.357 e. The van der Waals surface area contributed by atoms with Gasteiger partial charge in [0.2, 0.25) is 0 Å². The normalized spacial score (nSPS) is 10.7. The van der Waals surface area contributed by atoms with Gasteiger partial charge in [-0.3, -0.25) is 4.79 Å². The molecule has 0 atom stereocenters. The monoisotopic (exact) mass is 312 g/mol. The molecule has 0 aliphatic heterocycles. The minimum Gasteiger partial charge on any atom is -0.357 e. The molecule has 0 unspecified atom stereocenters. The highest BCUT2D eigenvalue weighted by atomic mass is 16.1. The van der Waals surface area contributed by atoms with E-state index in [-0.39, 0.29) is 11.9 Å². The van der Waals surface area contributed by atoms with Crippen molar-refractivity contribution in [2.24, 2.45) is 0 Å². The van der Waals surface area contributed by atoms with Crippen molar-refractivity contribution in [3.8, 4) is 11.4 Å². The molecule has 0 radical (unpaired) electrons. The van der Waals surface area contributed by atoms with Crippen LogP contribution in [-0.2, 0) is 0 Å². The van der Waals surface area contributed by atoms with E-state index in [4.69, 9.17) is 0 Å². The number of nitrogens with zero attached hydrogens (tertiary/aromatic N) is 3. The Morgan fingerprint density at radius 1 is 1.13 bits per heavy atom. The Hall–Kier alpha value is -2.43. The number of hydrogen-bond donors (Lipinski definition) is 1. The van der Waals surface area contributed by atoms with Gasteiger partial charge in [-0.15, -0.1) is 0 Å². The van der Waals surface area contributed by atoms with Crippen LogP contribution in [0.15, 0.2) is 36.4 Å². The van der Waals surface area contributed by atoms with E-state index < -0.39 is 0 Å². The van der Waals surface area contributed by atoms with Crippen LogP contribution < -0.4 is 10.2 Å². The molecule has 0 saturated heterocycles. The average Bonchev–Trinajstić information content (AvgIpc) is 2.56. The third-order valence-corrected chi connectivity index (χ3v) is 3.48. The third kappa shape index (κ3) is 4.28. The van der Waals surface area contributed by atoms with E-state index in [2.05, 4.69) is 34.0 Å². The van der Waals surface area contributed by atoms with Crippen LogP contribution >= 0.6 is 0 Å². The highest BCUT2D eigenvalue weighted by molar-refractivity contribution is 5.93. The zero-order chi connectivity index (χ0) is 16.8. The Labute approximate surface area is 137 Å². The summed E-state index contributed by atoms with van der Waals surface area (Å²) >= 11 is 0. The van der Waals surface area contributed by atoms with E-state index in [1.807, 2.05) is 44.2 Å². The maximum Gasteiger partial charge on any atom is 0.270 e. The fourth-order valence-electron chi connectivity index (χ4n) is 2.31. The van der Waals surface area contributed by atoms with Gasteiger partial charge < -0.3 is 10.2 Å². The van der Waals surface area contributed by atoms with Crippen molar-refractivity contribution in [2.45, 2.75) is 33.7 Å². The van der Waals surface area contributed by atoms with Gasteiger partial charge in [0.15, 0.2) is 5.82 Å². The minimum atomic E-state index is -0.173. The Morgan fingerprint density at radius 2 is 1.78 bits per heavy atom. The lowest BCUT2D eigenvalue weighted by Gasteiger charge is -2.21. The SMILES string of the molecule is CCN(CC)c1cc(C(=O)NC(C)C)nc(-c2ccccc2)n1.